The Morgan fingerprint density at radius 1 is 1.16 bits per heavy atom. The SMILES string of the molecule is CS(=O)(=O)Nc1ncccc1CNc1nc(Nc2ccc3c(c2)CCN(C(=O)O)C3)ncc1C(F)(F)F. The number of aromatic nitrogens is 3. The van der Waals surface area contributed by atoms with Gasteiger partial charge in [0.2, 0.25) is 16.0 Å². The van der Waals surface area contributed by atoms with Crippen LogP contribution in [0.2, 0.25) is 0 Å². The minimum Gasteiger partial charge on any atom is -0.465 e. The summed E-state index contributed by atoms with van der Waals surface area (Å²) in [6, 6.07) is 8.22. The summed E-state index contributed by atoms with van der Waals surface area (Å²) in [4.78, 5) is 24.2. The van der Waals surface area contributed by atoms with Gasteiger partial charge in [0.25, 0.3) is 0 Å². The van der Waals surface area contributed by atoms with Gasteiger partial charge in [-0.25, -0.2) is 23.2 Å². The van der Waals surface area contributed by atoms with Gasteiger partial charge in [0.15, 0.2) is 0 Å². The van der Waals surface area contributed by atoms with Gasteiger partial charge in [-0.1, -0.05) is 12.1 Å². The van der Waals surface area contributed by atoms with Crippen LogP contribution in [0.5, 0.6) is 0 Å². The van der Waals surface area contributed by atoms with Crippen LogP contribution in [0.4, 0.5) is 41.2 Å². The number of halogens is 3. The average Bonchev–Trinajstić information content (AvgIpc) is 2.81. The van der Waals surface area contributed by atoms with Gasteiger partial charge >= 0.3 is 12.3 Å². The van der Waals surface area contributed by atoms with E-state index in [1.807, 2.05) is 0 Å². The number of hydrogen-bond acceptors (Lipinski definition) is 8. The van der Waals surface area contributed by atoms with Crippen molar-refractivity contribution in [3.8, 4) is 0 Å². The highest BCUT2D eigenvalue weighted by molar-refractivity contribution is 7.92. The van der Waals surface area contributed by atoms with E-state index >= 15 is 0 Å². The summed E-state index contributed by atoms with van der Waals surface area (Å²) in [5.74, 6) is -0.623. The number of nitrogens with one attached hydrogen (secondary N) is 3. The van der Waals surface area contributed by atoms with E-state index in [1.165, 1.54) is 23.2 Å². The lowest BCUT2D eigenvalue weighted by molar-refractivity contribution is -0.137. The molecule has 11 nitrogen and oxygen atoms in total. The van der Waals surface area contributed by atoms with E-state index < -0.39 is 33.7 Å². The van der Waals surface area contributed by atoms with Crippen LogP contribution in [-0.4, -0.2) is 52.3 Å². The number of rotatable bonds is 7. The number of sulfonamides is 1. The molecule has 0 saturated heterocycles. The van der Waals surface area contributed by atoms with E-state index in [4.69, 9.17) is 0 Å². The van der Waals surface area contributed by atoms with Gasteiger partial charge in [0.05, 0.1) is 6.26 Å². The van der Waals surface area contributed by atoms with E-state index in [2.05, 4.69) is 30.3 Å². The molecule has 1 aliphatic rings. The van der Waals surface area contributed by atoms with E-state index in [0.717, 1.165) is 17.4 Å². The second-order valence-electron chi connectivity index (χ2n) is 8.26. The zero-order chi connectivity index (χ0) is 26.8. The van der Waals surface area contributed by atoms with Crippen molar-refractivity contribution in [3.05, 3.63) is 65.0 Å². The molecule has 196 valence electrons. The van der Waals surface area contributed by atoms with Gasteiger partial charge in [0, 0.05) is 43.3 Å². The number of pyridine rings is 1. The van der Waals surface area contributed by atoms with Gasteiger partial charge in [-0.15, -0.1) is 0 Å². The van der Waals surface area contributed by atoms with Crippen LogP contribution in [0.1, 0.15) is 22.3 Å². The maximum Gasteiger partial charge on any atom is 0.421 e. The molecule has 0 aliphatic carbocycles. The zero-order valence-corrected chi connectivity index (χ0v) is 20.2. The van der Waals surface area contributed by atoms with Gasteiger partial charge in [0.1, 0.15) is 17.2 Å². The van der Waals surface area contributed by atoms with Crippen LogP contribution < -0.4 is 15.4 Å². The number of nitrogens with zero attached hydrogens (tertiary/aromatic N) is 4. The number of fused-ring (bicyclic) bond motifs is 1. The Hall–Kier alpha value is -4.14. The molecule has 3 heterocycles. The Labute approximate surface area is 209 Å². The molecule has 0 bridgehead atoms. The number of amides is 1. The third-order valence-corrected chi connectivity index (χ3v) is 6.02. The first-order valence-corrected chi connectivity index (χ1v) is 12.7. The van der Waals surface area contributed by atoms with Gasteiger partial charge in [-0.2, -0.15) is 18.2 Å². The molecular formula is C22H22F3N7O4S. The predicted molar refractivity (Wildman–Crippen MR) is 129 cm³/mol. The highest BCUT2D eigenvalue weighted by Gasteiger charge is 2.35. The Kier molecular flexibility index (Phi) is 7.07. The number of alkyl halides is 3. The smallest absolute Gasteiger partial charge is 0.421 e. The molecule has 0 unspecified atom stereocenters. The van der Waals surface area contributed by atoms with E-state index in [1.54, 1.807) is 18.2 Å². The summed E-state index contributed by atoms with van der Waals surface area (Å²) in [5, 5.41) is 14.7. The van der Waals surface area contributed by atoms with Crippen LogP contribution in [0.15, 0.2) is 42.7 Å². The first-order chi connectivity index (χ1) is 17.4. The molecule has 1 amide bonds. The van der Waals surface area contributed by atoms with Crippen molar-refractivity contribution in [2.75, 3.05) is 28.2 Å². The quantitative estimate of drug-likeness (QED) is 0.354. The van der Waals surface area contributed by atoms with Crippen molar-refractivity contribution in [2.45, 2.75) is 25.7 Å². The Morgan fingerprint density at radius 3 is 2.65 bits per heavy atom. The van der Waals surface area contributed by atoms with Crippen LogP contribution in [0, 0.1) is 0 Å². The third-order valence-electron chi connectivity index (χ3n) is 5.46. The van der Waals surface area contributed by atoms with Crippen LogP contribution in [-0.2, 0) is 35.7 Å². The summed E-state index contributed by atoms with van der Waals surface area (Å²) in [5.41, 5.74) is 1.48. The second-order valence-corrected chi connectivity index (χ2v) is 10.0. The lowest BCUT2D eigenvalue weighted by atomic mass is 9.99. The molecule has 3 aromatic rings. The highest BCUT2D eigenvalue weighted by Crippen LogP contribution is 2.34. The third kappa shape index (κ3) is 6.55. The maximum atomic E-state index is 13.6. The maximum absolute atomic E-state index is 13.6. The summed E-state index contributed by atoms with van der Waals surface area (Å²) in [6.45, 7) is 0.381. The molecule has 15 heteroatoms. The fraction of sp³-hybridized carbons (Fsp3) is 0.273. The molecule has 0 spiro atoms. The first kappa shape index (κ1) is 25.9. The molecule has 0 fully saturated rings. The zero-order valence-electron chi connectivity index (χ0n) is 19.4. The summed E-state index contributed by atoms with van der Waals surface area (Å²) >= 11 is 0. The molecule has 1 aliphatic heterocycles. The largest absolute Gasteiger partial charge is 0.465 e. The Balaban J connectivity index is 1.56. The van der Waals surface area contributed by atoms with Crippen LogP contribution >= 0.6 is 0 Å². The molecule has 4 rings (SSSR count). The molecule has 4 N–H and O–H groups in total. The minimum absolute atomic E-state index is 0.0195. The van der Waals surface area contributed by atoms with Crippen LogP contribution in [0.25, 0.3) is 0 Å². The fourth-order valence-electron chi connectivity index (χ4n) is 3.74. The molecule has 0 radical (unpaired) electrons. The fourth-order valence-corrected chi connectivity index (χ4v) is 4.27. The van der Waals surface area contributed by atoms with Gasteiger partial charge in [-0.05, 0) is 35.7 Å². The van der Waals surface area contributed by atoms with E-state index in [9.17, 15) is 31.5 Å². The monoisotopic (exact) mass is 537 g/mol. The summed E-state index contributed by atoms with van der Waals surface area (Å²) < 4.78 is 66.3. The van der Waals surface area contributed by atoms with Gasteiger partial charge in [-0.3, -0.25) is 4.72 Å². The Bertz CT molecular complexity index is 1430. The highest BCUT2D eigenvalue weighted by atomic mass is 32.2. The van der Waals surface area contributed by atoms with Crippen molar-refractivity contribution in [1.29, 1.82) is 0 Å². The summed E-state index contributed by atoms with van der Waals surface area (Å²) in [7, 11) is -3.66. The predicted octanol–water partition coefficient (Wildman–Crippen LogP) is 3.65. The molecule has 0 atom stereocenters. The molecule has 0 saturated carbocycles. The van der Waals surface area contributed by atoms with Crippen molar-refractivity contribution in [1.82, 2.24) is 19.9 Å². The normalized spacial score (nSPS) is 13.6. The van der Waals surface area contributed by atoms with E-state index in [-0.39, 0.29) is 24.9 Å². The van der Waals surface area contributed by atoms with E-state index in [0.29, 0.717) is 30.4 Å². The topological polar surface area (TPSA) is 149 Å². The van der Waals surface area contributed by atoms with Crippen molar-refractivity contribution < 1.29 is 31.5 Å². The first-order valence-electron chi connectivity index (χ1n) is 10.9. The molecule has 37 heavy (non-hydrogen) atoms. The lowest BCUT2D eigenvalue weighted by Crippen LogP contribution is -2.34. The number of anilines is 4. The molecule has 2 aromatic heterocycles. The standard InChI is InChI=1S/C22H22F3N7O4S/c1-37(35,36)31-18-14(3-2-7-26-18)10-27-19-17(22(23,24)25)11-28-20(30-19)29-16-5-4-15-12-32(21(33)34)8-6-13(15)9-16/h2-5,7,9,11H,6,8,10,12H2,1H3,(H,26,31)(H,33,34)(H2,27,28,29,30). The summed E-state index contributed by atoms with van der Waals surface area (Å²) in [6.07, 6.45) is -2.32. The second kappa shape index (κ2) is 10.1. The molecular weight excluding hydrogens is 515 g/mol. The average molecular weight is 538 g/mol. The minimum atomic E-state index is -4.74. The number of benzene rings is 1. The van der Waals surface area contributed by atoms with Crippen LogP contribution in [0.3, 0.4) is 0 Å². The van der Waals surface area contributed by atoms with Crippen molar-refractivity contribution in [3.63, 3.8) is 0 Å². The number of carboxylic acid groups (broad SMARTS) is 1. The molecule has 1 aromatic carbocycles. The lowest BCUT2D eigenvalue weighted by Gasteiger charge is -2.26. The van der Waals surface area contributed by atoms with Gasteiger partial charge < -0.3 is 20.6 Å². The van der Waals surface area contributed by atoms with Crippen molar-refractivity contribution in [2.24, 2.45) is 0 Å². The number of carbonyl (C=O) groups is 1. The van der Waals surface area contributed by atoms with Crippen molar-refractivity contribution >= 4 is 39.4 Å². The Morgan fingerprint density at radius 2 is 1.95 bits per heavy atom. The number of hydrogen-bond donors (Lipinski definition) is 4.